The summed E-state index contributed by atoms with van der Waals surface area (Å²) in [5.41, 5.74) is 3.03. The molecule has 1 saturated heterocycles. The predicted molar refractivity (Wildman–Crippen MR) is 118 cm³/mol. The molecule has 0 N–H and O–H groups in total. The van der Waals surface area contributed by atoms with E-state index in [1.54, 1.807) is 18.4 Å². The van der Waals surface area contributed by atoms with Crippen LogP contribution in [0.3, 0.4) is 0 Å². The van der Waals surface area contributed by atoms with Crippen LogP contribution in [-0.2, 0) is 11.3 Å². The summed E-state index contributed by atoms with van der Waals surface area (Å²) < 4.78 is 13.0. The number of hydrogen-bond donors (Lipinski definition) is 0. The average molecular weight is 430 g/mol. The van der Waals surface area contributed by atoms with E-state index in [-0.39, 0.29) is 0 Å². The number of aromatic nitrogens is 1. The number of ether oxygens (including phenoxy) is 2. The van der Waals surface area contributed by atoms with Gasteiger partial charge in [-0.05, 0) is 30.3 Å². The van der Waals surface area contributed by atoms with Gasteiger partial charge in [0.1, 0.15) is 5.75 Å². The molecular formula is C22H24ClN3O2S. The second kappa shape index (κ2) is 9.59. The lowest BCUT2D eigenvalue weighted by Crippen LogP contribution is -2.39. The Kier molecular flexibility index (Phi) is 6.67. The Morgan fingerprint density at radius 3 is 2.55 bits per heavy atom. The predicted octanol–water partition coefficient (Wildman–Crippen LogP) is 4.44. The summed E-state index contributed by atoms with van der Waals surface area (Å²) in [6.07, 6.45) is 0. The van der Waals surface area contributed by atoms with Crippen molar-refractivity contribution in [1.82, 2.24) is 9.47 Å². The minimum absolute atomic E-state index is 0.751. The molecule has 152 valence electrons. The van der Waals surface area contributed by atoms with Crippen LogP contribution in [0.25, 0.3) is 11.3 Å². The summed E-state index contributed by atoms with van der Waals surface area (Å²) in [6, 6.07) is 15.8. The molecule has 0 radical (unpaired) electrons. The standard InChI is InChI=1S/C22H24ClN3O2S/c1-27-18-8-6-17(7-9-18)24-22-26(11-10-25-12-14-28-15-13-25)21(16-29-22)19-4-2-3-5-20(19)23/h2-9,16H,10-15H2,1H3. The number of thiazole rings is 1. The molecule has 0 spiro atoms. The Hall–Kier alpha value is -2.12. The molecule has 0 saturated carbocycles. The Morgan fingerprint density at radius 1 is 1.07 bits per heavy atom. The first-order valence-electron chi connectivity index (χ1n) is 9.67. The quantitative estimate of drug-likeness (QED) is 0.581. The Morgan fingerprint density at radius 2 is 1.83 bits per heavy atom. The lowest BCUT2D eigenvalue weighted by Gasteiger charge is -2.27. The van der Waals surface area contributed by atoms with Crippen molar-refractivity contribution in [3.05, 3.63) is 63.7 Å². The highest BCUT2D eigenvalue weighted by molar-refractivity contribution is 7.07. The van der Waals surface area contributed by atoms with Crippen molar-refractivity contribution >= 4 is 28.6 Å². The van der Waals surface area contributed by atoms with E-state index >= 15 is 0 Å². The van der Waals surface area contributed by atoms with Gasteiger partial charge in [0.15, 0.2) is 4.80 Å². The van der Waals surface area contributed by atoms with Gasteiger partial charge in [-0.25, -0.2) is 4.99 Å². The molecule has 1 aliphatic rings. The highest BCUT2D eigenvalue weighted by Gasteiger charge is 2.14. The van der Waals surface area contributed by atoms with E-state index in [1.165, 1.54) is 0 Å². The summed E-state index contributed by atoms with van der Waals surface area (Å²) in [6.45, 7) is 5.34. The fourth-order valence-electron chi connectivity index (χ4n) is 3.35. The largest absolute Gasteiger partial charge is 0.497 e. The van der Waals surface area contributed by atoms with Crippen molar-refractivity contribution in [2.24, 2.45) is 4.99 Å². The molecule has 0 bridgehead atoms. The van der Waals surface area contributed by atoms with E-state index in [0.29, 0.717) is 0 Å². The van der Waals surface area contributed by atoms with Crippen molar-refractivity contribution < 1.29 is 9.47 Å². The molecule has 2 heterocycles. The first kappa shape index (κ1) is 20.2. The van der Waals surface area contributed by atoms with Gasteiger partial charge < -0.3 is 14.0 Å². The molecule has 7 heteroatoms. The summed E-state index contributed by atoms with van der Waals surface area (Å²) in [5.74, 6) is 0.826. The van der Waals surface area contributed by atoms with Gasteiger partial charge in [0.2, 0.25) is 0 Å². The third-order valence-electron chi connectivity index (χ3n) is 4.99. The molecule has 4 rings (SSSR count). The SMILES string of the molecule is COc1ccc(N=c2scc(-c3ccccc3Cl)n2CCN2CCOCC2)cc1. The van der Waals surface area contributed by atoms with Gasteiger partial charge in [0.25, 0.3) is 0 Å². The zero-order valence-electron chi connectivity index (χ0n) is 16.4. The number of morpholine rings is 1. The number of methoxy groups -OCH3 is 1. The van der Waals surface area contributed by atoms with E-state index in [0.717, 1.165) is 71.9 Å². The first-order valence-corrected chi connectivity index (χ1v) is 10.9. The van der Waals surface area contributed by atoms with E-state index in [2.05, 4.69) is 20.9 Å². The van der Waals surface area contributed by atoms with Crippen LogP contribution in [-0.4, -0.2) is 49.4 Å². The third-order valence-corrected chi connectivity index (χ3v) is 6.18. The molecule has 1 fully saturated rings. The van der Waals surface area contributed by atoms with E-state index in [1.807, 2.05) is 42.5 Å². The van der Waals surface area contributed by atoms with Crippen LogP contribution < -0.4 is 9.54 Å². The van der Waals surface area contributed by atoms with Gasteiger partial charge in [0.05, 0.1) is 31.7 Å². The van der Waals surface area contributed by atoms with Gasteiger partial charge in [-0.15, -0.1) is 11.3 Å². The van der Waals surface area contributed by atoms with Gasteiger partial charge >= 0.3 is 0 Å². The lowest BCUT2D eigenvalue weighted by atomic mass is 10.2. The smallest absolute Gasteiger partial charge is 0.190 e. The first-order chi connectivity index (χ1) is 14.2. The Bertz CT molecular complexity index is 1010. The number of hydrogen-bond acceptors (Lipinski definition) is 5. The van der Waals surface area contributed by atoms with E-state index < -0.39 is 0 Å². The van der Waals surface area contributed by atoms with Crippen molar-refractivity contribution in [1.29, 1.82) is 0 Å². The molecule has 0 aliphatic carbocycles. The maximum absolute atomic E-state index is 6.50. The van der Waals surface area contributed by atoms with Gasteiger partial charge in [-0.1, -0.05) is 29.8 Å². The number of benzene rings is 2. The lowest BCUT2D eigenvalue weighted by molar-refractivity contribution is 0.0363. The molecule has 29 heavy (non-hydrogen) atoms. The second-order valence-corrected chi connectivity index (χ2v) is 8.04. The molecule has 0 unspecified atom stereocenters. The van der Waals surface area contributed by atoms with Crippen LogP contribution in [0.5, 0.6) is 5.75 Å². The van der Waals surface area contributed by atoms with Crippen molar-refractivity contribution in [2.75, 3.05) is 40.0 Å². The van der Waals surface area contributed by atoms with Crippen LogP contribution in [0.2, 0.25) is 5.02 Å². The summed E-state index contributed by atoms with van der Waals surface area (Å²) >= 11 is 8.14. The zero-order valence-corrected chi connectivity index (χ0v) is 18.0. The van der Waals surface area contributed by atoms with Crippen LogP contribution >= 0.6 is 22.9 Å². The van der Waals surface area contributed by atoms with Crippen molar-refractivity contribution in [3.63, 3.8) is 0 Å². The summed E-state index contributed by atoms with van der Waals surface area (Å²) in [5, 5.41) is 2.89. The molecule has 3 aromatic rings. The van der Waals surface area contributed by atoms with Crippen LogP contribution in [0, 0.1) is 0 Å². The zero-order chi connectivity index (χ0) is 20.1. The normalized spacial score (nSPS) is 15.6. The third kappa shape index (κ3) is 4.90. The monoisotopic (exact) mass is 429 g/mol. The second-order valence-electron chi connectivity index (χ2n) is 6.80. The number of nitrogens with zero attached hydrogens (tertiary/aromatic N) is 3. The fraction of sp³-hybridized carbons (Fsp3) is 0.318. The van der Waals surface area contributed by atoms with E-state index in [9.17, 15) is 0 Å². The van der Waals surface area contributed by atoms with Gasteiger partial charge in [-0.3, -0.25) is 4.90 Å². The highest BCUT2D eigenvalue weighted by atomic mass is 35.5. The van der Waals surface area contributed by atoms with Crippen LogP contribution in [0.4, 0.5) is 5.69 Å². The van der Waals surface area contributed by atoms with Crippen molar-refractivity contribution in [3.8, 4) is 17.0 Å². The van der Waals surface area contributed by atoms with Crippen LogP contribution in [0.1, 0.15) is 0 Å². The molecule has 0 atom stereocenters. The molecule has 1 aliphatic heterocycles. The van der Waals surface area contributed by atoms with Crippen LogP contribution in [0.15, 0.2) is 58.9 Å². The maximum atomic E-state index is 6.50. The summed E-state index contributed by atoms with van der Waals surface area (Å²) in [4.78, 5) is 8.28. The van der Waals surface area contributed by atoms with Gasteiger partial charge in [-0.2, -0.15) is 0 Å². The number of rotatable bonds is 6. The fourth-order valence-corrected chi connectivity index (χ4v) is 4.53. The Balaban J connectivity index is 1.70. The molecule has 1 aromatic heterocycles. The minimum Gasteiger partial charge on any atom is -0.497 e. The van der Waals surface area contributed by atoms with E-state index in [4.69, 9.17) is 26.1 Å². The topological polar surface area (TPSA) is 39.0 Å². The summed E-state index contributed by atoms with van der Waals surface area (Å²) in [7, 11) is 1.67. The Labute approximate surface area is 179 Å². The highest BCUT2D eigenvalue weighted by Crippen LogP contribution is 2.28. The molecule has 0 amide bonds. The van der Waals surface area contributed by atoms with Gasteiger partial charge in [0, 0.05) is 42.1 Å². The van der Waals surface area contributed by atoms with Crippen molar-refractivity contribution in [2.45, 2.75) is 6.54 Å². The minimum atomic E-state index is 0.751. The maximum Gasteiger partial charge on any atom is 0.190 e. The average Bonchev–Trinajstić information content (AvgIpc) is 3.16. The number of halogens is 1. The molecular weight excluding hydrogens is 406 g/mol. The molecule has 5 nitrogen and oxygen atoms in total. The molecule has 2 aromatic carbocycles.